The molecular formula is C26H23F2N5O3. The minimum atomic E-state index is -3.10. The number of nitrogens with zero attached hydrogens (tertiary/aromatic N) is 4. The molecule has 0 unspecified atom stereocenters. The topological polar surface area (TPSA) is 90.6 Å². The van der Waals surface area contributed by atoms with Crippen LogP contribution in [0.3, 0.4) is 0 Å². The lowest BCUT2D eigenvalue weighted by atomic mass is 10.1. The van der Waals surface area contributed by atoms with Crippen molar-refractivity contribution in [3.63, 3.8) is 0 Å². The van der Waals surface area contributed by atoms with Crippen molar-refractivity contribution < 1.29 is 23.0 Å². The molecule has 0 spiro atoms. The average molecular weight is 491 g/mol. The van der Waals surface area contributed by atoms with Crippen LogP contribution in [0.5, 0.6) is 11.5 Å². The quantitative estimate of drug-likeness (QED) is 0.379. The first-order valence-corrected chi connectivity index (χ1v) is 11.8. The molecular weight excluding hydrogens is 468 g/mol. The third kappa shape index (κ3) is 4.34. The number of fused-ring (bicyclic) bond motifs is 1. The Kier molecular flexibility index (Phi) is 5.50. The summed E-state index contributed by atoms with van der Waals surface area (Å²) in [4.78, 5) is 17.3. The maximum Gasteiger partial charge on any atom is 0.387 e. The van der Waals surface area contributed by atoms with Crippen LogP contribution in [0.4, 0.5) is 8.78 Å². The molecule has 2 fully saturated rings. The van der Waals surface area contributed by atoms with Gasteiger partial charge >= 0.3 is 6.61 Å². The van der Waals surface area contributed by atoms with E-state index in [0.29, 0.717) is 22.8 Å². The van der Waals surface area contributed by atoms with E-state index < -0.39 is 12.5 Å². The van der Waals surface area contributed by atoms with E-state index in [1.54, 1.807) is 12.3 Å². The molecule has 3 aromatic heterocycles. The van der Waals surface area contributed by atoms with Gasteiger partial charge in [0.1, 0.15) is 22.7 Å². The number of methoxy groups -OCH3 is 1. The highest BCUT2D eigenvalue weighted by Crippen LogP contribution is 2.39. The van der Waals surface area contributed by atoms with Crippen LogP contribution in [0.25, 0.3) is 28.2 Å². The number of benzene rings is 1. The molecule has 10 heteroatoms. The van der Waals surface area contributed by atoms with E-state index in [4.69, 9.17) is 9.47 Å². The predicted molar refractivity (Wildman–Crippen MR) is 127 cm³/mol. The number of aromatic nitrogens is 4. The van der Waals surface area contributed by atoms with Gasteiger partial charge in [0.05, 0.1) is 30.4 Å². The SMILES string of the molecule is COc1cc(-c2cnc3cc(-c4ccc(C5CC5)nn4)ccn23)cc(OC(F)F)c1C(=O)NC1CC1. The lowest BCUT2D eigenvalue weighted by Crippen LogP contribution is -2.26. The summed E-state index contributed by atoms with van der Waals surface area (Å²) in [5.41, 5.74) is 4.34. The second-order valence-electron chi connectivity index (χ2n) is 9.08. The molecule has 1 aromatic carbocycles. The molecule has 0 bridgehead atoms. The van der Waals surface area contributed by atoms with E-state index in [9.17, 15) is 13.6 Å². The van der Waals surface area contributed by atoms with Gasteiger partial charge < -0.3 is 14.8 Å². The number of nitrogens with one attached hydrogen (secondary N) is 1. The van der Waals surface area contributed by atoms with Gasteiger partial charge in [-0.2, -0.15) is 19.0 Å². The predicted octanol–water partition coefficient (Wildman–Crippen LogP) is 4.84. The first kappa shape index (κ1) is 22.4. The molecule has 0 saturated heterocycles. The minimum Gasteiger partial charge on any atom is -0.496 e. The van der Waals surface area contributed by atoms with Crippen LogP contribution in [0.1, 0.15) is 47.7 Å². The van der Waals surface area contributed by atoms with Gasteiger partial charge in [-0.05, 0) is 62.1 Å². The van der Waals surface area contributed by atoms with Gasteiger partial charge in [0.2, 0.25) is 0 Å². The summed E-state index contributed by atoms with van der Waals surface area (Å²) in [6.45, 7) is -3.10. The van der Waals surface area contributed by atoms with E-state index >= 15 is 0 Å². The Morgan fingerprint density at radius 1 is 1.06 bits per heavy atom. The zero-order valence-electron chi connectivity index (χ0n) is 19.4. The van der Waals surface area contributed by atoms with Crippen molar-refractivity contribution in [1.29, 1.82) is 0 Å². The molecule has 2 aliphatic rings. The van der Waals surface area contributed by atoms with E-state index in [1.165, 1.54) is 13.2 Å². The van der Waals surface area contributed by atoms with Crippen LogP contribution in [0.2, 0.25) is 0 Å². The number of imidazole rings is 1. The molecule has 36 heavy (non-hydrogen) atoms. The molecule has 184 valence electrons. The molecule has 3 heterocycles. The molecule has 8 nitrogen and oxygen atoms in total. The summed E-state index contributed by atoms with van der Waals surface area (Å²) in [5, 5.41) is 11.5. The molecule has 1 amide bonds. The number of alkyl halides is 2. The highest BCUT2D eigenvalue weighted by molar-refractivity contribution is 6.01. The van der Waals surface area contributed by atoms with Gasteiger partial charge in [0.15, 0.2) is 0 Å². The third-order valence-electron chi connectivity index (χ3n) is 6.43. The molecule has 2 aliphatic carbocycles. The van der Waals surface area contributed by atoms with Crippen LogP contribution in [-0.4, -0.2) is 45.3 Å². The first-order chi connectivity index (χ1) is 17.5. The van der Waals surface area contributed by atoms with Crippen LogP contribution < -0.4 is 14.8 Å². The van der Waals surface area contributed by atoms with Crippen molar-refractivity contribution >= 4 is 11.6 Å². The molecule has 0 aliphatic heterocycles. The standard InChI is InChI=1S/C26H23F2N5O3/c1-35-21-10-16(11-22(36-26(27)28)24(21)25(34)30-17-4-5-17)20-13-29-23-12-15(8-9-33(20)23)19-7-6-18(31-32-19)14-2-3-14/h6-14,17,26H,2-5H2,1H3,(H,30,34). The van der Waals surface area contributed by atoms with Crippen LogP contribution in [-0.2, 0) is 0 Å². The second kappa shape index (κ2) is 8.85. The number of hydrogen-bond acceptors (Lipinski definition) is 6. The van der Waals surface area contributed by atoms with E-state index in [0.717, 1.165) is 42.6 Å². The molecule has 4 aromatic rings. The summed E-state index contributed by atoms with van der Waals surface area (Å²) < 4.78 is 38.5. The van der Waals surface area contributed by atoms with Crippen molar-refractivity contribution in [2.45, 2.75) is 44.3 Å². The van der Waals surface area contributed by atoms with Gasteiger partial charge in [0.25, 0.3) is 5.91 Å². The summed E-state index contributed by atoms with van der Waals surface area (Å²) in [7, 11) is 1.38. The number of carbonyl (C=O) groups excluding carboxylic acids is 1. The largest absolute Gasteiger partial charge is 0.496 e. The zero-order valence-corrected chi connectivity index (χ0v) is 19.4. The number of halogens is 2. The Balaban J connectivity index is 1.37. The number of amides is 1. The number of hydrogen-bond donors (Lipinski definition) is 1. The van der Waals surface area contributed by atoms with Gasteiger partial charge in [0, 0.05) is 29.3 Å². The van der Waals surface area contributed by atoms with E-state index in [1.807, 2.05) is 34.9 Å². The molecule has 1 N–H and O–H groups in total. The van der Waals surface area contributed by atoms with Crippen molar-refractivity contribution in [3.05, 3.63) is 60.0 Å². The van der Waals surface area contributed by atoms with E-state index in [-0.39, 0.29) is 23.1 Å². The van der Waals surface area contributed by atoms with Crippen molar-refractivity contribution in [1.82, 2.24) is 24.9 Å². The molecule has 6 rings (SSSR count). The Bertz CT molecular complexity index is 1450. The summed E-state index contributed by atoms with van der Waals surface area (Å²) in [6, 6.07) is 10.8. The zero-order chi connectivity index (χ0) is 24.8. The van der Waals surface area contributed by atoms with E-state index in [2.05, 4.69) is 20.5 Å². The number of pyridine rings is 1. The normalized spacial score (nSPS) is 15.3. The monoisotopic (exact) mass is 491 g/mol. The smallest absolute Gasteiger partial charge is 0.387 e. The molecule has 2 saturated carbocycles. The fraction of sp³-hybridized carbons (Fsp3) is 0.308. The van der Waals surface area contributed by atoms with Gasteiger partial charge in [-0.15, -0.1) is 0 Å². The second-order valence-corrected chi connectivity index (χ2v) is 9.08. The number of carbonyl (C=O) groups is 1. The maximum atomic E-state index is 13.3. The first-order valence-electron chi connectivity index (χ1n) is 11.8. The highest BCUT2D eigenvalue weighted by Gasteiger charge is 2.29. The molecule has 0 atom stereocenters. The fourth-order valence-corrected chi connectivity index (χ4v) is 4.24. The van der Waals surface area contributed by atoms with Crippen molar-refractivity contribution in [2.24, 2.45) is 0 Å². The van der Waals surface area contributed by atoms with Crippen LogP contribution >= 0.6 is 0 Å². The lowest BCUT2D eigenvalue weighted by Gasteiger charge is -2.16. The van der Waals surface area contributed by atoms with Gasteiger partial charge in [-0.1, -0.05) is 0 Å². The van der Waals surface area contributed by atoms with Crippen molar-refractivity contribution in [3.8, 4) is 34.0 Å². The van der Waals surface area contributed by atoms with Gasteiger partial charge in [-0.3, -0.25) is 9.20 Å². The number of rotatable bonds is 8. The summed E-state index contributed by atoms with van der Waals surface area (Å²) in [5.74, 6) is -0.0897. The maximum absolute atomic E-state index is 13.3. The molecule has 0 radical (unpaired) electrons. The van der Waals surface area contributed by atoms with Crippen molar-refractivity contribution in [2.75, 3.05) is 7.11 Å². The number of ether oxygens (including phenoxy) is 2. The lowest BCUT2D eigenvalue weighted by molar-refractivity contribution is -0.0502. The van der Waals surface area contributed by atoms with Crippen LogP contribution in [0.15, 0.2) is 48.8 Å². The fourth-order valence-electron chi connectivity index (χ4n) is 4.24. The highest BCUT2D eigenvalue weighted by atomic mass is 19.3. The summed E-state index contributed by atoms with van der Waals surface area (Å²) >= 11 is 0. The third-order valence-corrected chi connectivity index (χ3v) is 6.43. The minimum absolute atomic E-state index is 0.0452. The Morgan fingerprint density at radius 2 is 1.86 bits per heavy atom. The Morgan fingerprint density at radius 3 is 2.53 bits per heavy atom. The Hall–Kier alpha value is -4.08. The van der Waals surface area contributed by atoms with Gasteiger partial charge in [-0.25, -0.2) is 4.98 Å². The Labute approximate surface area is 205 Å². The summed E-state index contributed by atoms with van der Waals surface area (Å²) in [6.07, 6.45) is 7.51. The average Bonchev–Trinajstić information content (AvgIpc) is 3.81. The van der Waals surface area contributed by atoms with Crippen LogP contribution in [0, 0.1) is 0 Å².